The van der Waals surface area contributed by atoms with E-state index < -0.39 is 11.7 Å². The van der Waals surface area contributed by atoms with Gasteiger partial charge < -0.3 is 0 Å². The number of halogens is 4. The summed E-state index contributed by atoms with van der Waals surface area (Å²) in [5.74, 6) is 0. The van der Waals surface area contributed by atoms with Crippen LogP contribution in [0.5, 0.6) is 0 Å². The number of hydrogen-bond acceptors (Lipinski definition) is 1. The van der Waals surface area contributed by atoms with E-state index in [9.17, 15) is 13.2 Å². The van der Waals surface area contributed by atoms with Crippen LogP contribution in [0.2, 0.25) is 0 Å². The Morgan fingerprint density at radius 3 is 2.41 bits per heavy atom. The predicted octanol–water partition coefficient (Wildman–Crippen LogP) is 3.96. The van der Waals surface area contributed by atoms with E-state index in [1.165, 1.54) is 10.7 Å². The minimum atomic E-state index is -4.33. The van der Waals surface area contributed by atoms with Crippen LogP contribution in [0, 0.1) is 6.92 Å². The normalized spacial score (nSPS) is 11.8. The van der Waals surface area contributed by atoms with Gasteiger partial charge in [0.2, 0.25) is 0 Å². The molecular formula is C11H8BrF3N2. The summed E-state index contributed by atoms with van der Waals surface area (Å²) in [4.78, 5) is 0. The largest absolute Gasteiger partial charge is 0.416 e. The first-order chi connectivity index (χ1) is 7.88. The molecule has 0 fully saturated rings. The molecule has 2 rings (SSSR count). The van der Waals surface area contributed by atoms with Gasteiger partial charge in [-0.25, -0.2) is 4.68 Å². The van der Waals surface area contributed by atoms with Gasteiger partial charge in [-0.3, -0.25) is 0 Å². The van der Waals surface area contributed by atoms with Crippen LogP contribution >= 0.6 is 15.9 Å². The fourth-order valence-corrected chi connectivity index (χ4v) is 1.98. The van der Waals surface area contributed by atoms with Crippen LogP contribution in [-0.2, 0) is 6.18 Å². The van der Waals surface area contributed by atoms with Crippen LogP contribution < -0.4 is 0 Å². The zero-order valence-corrected chi connectivity index (χ0v) is 10.4. The first kappa shape index (κ1) is 12.2. The highest BCUT2D eigenvalue weighted by Crippen LogP contribution is 2.33. The van der Waals surface area contributed by atoms with Crippen LogP contribution in [0.4, 0.5) is 13.2 Å². The Morgan fingerprint density at radius 1 is 1.24 bits per heavy atom. The second-order valence-electron chi connectivity index (χ2n) is 3.57. The fraction of sp³-hybridized carbons (Fsp3) is 0.182. The molecule has 0 amide bonds. The van der Waals surface area contributed by atoms with E-state index >= 15 is 0 Å². The zero-order chi connectivity index (χ0) is 12.6. The Hall–Kier alpha value is -1.30. The zero-order valence-electron chi connectivity index (χ0n) is 8.79. The van der Waals surface area contributed by atoms with E-state index in [-0.39, 0.29) is 0 Å². The number of aryl methyl sites for hydroxylation is 1. The van der Waals surface area contributed by atoms with Crippen molar-refractivity contribution < 1.29 is 13.2 Å². The SMILES string of the molecule is Cc1ccn(-c2ccc(C(F)(F)F)cc2Br)n1. The van der Waals surface area contributed by atoms with Crippen molar-refractivity contribution in [1.29, 1.82) is 0 Å². The Kier molecular flexibility index (Phi) is 2.99. The number of alkyl halides is 3. The number of aromatic nitrogens is 2. The monoisotopic (exact) mass is 304 g/mol. The van der Waals surface area contributed by atoms with E-state index in [0.717, 1.165) is 17.8 Å². The third-order valence-corrected chi connectivity index (χ3v) is 2.88. The predicted molar refractivity (Wildman–Crippen MR) is 61.0 cm³/mol. The quantitative estimate of drug-likeness (QED) is 0.780. The van der Waals surface area contributed by atoms with Crippen molar-refractivity contribution in [3.63, 3.8) is 0 Å². The maximum Gasteiger partial charge on any atom is 0.416 e. The summed E-state index contributed by atoms with van der Waals surface area (Å²) in [6.45, 7) is 1.81. The summed E-state index contributed by atoms with van der Waals surface area (Å²) in [7, 11) is 0. The third-order valence-electron chi connectivity index (χ3n) is 2.24. The Balaban J connectivity index is 2.45. The molecular weight excluding hydrogens is 297 g/mol. The molecule has 0 atom stereocenters. The second-order valence-corrected chi connectivity index (χ2v) is 4.42. The van der Waals surface area contributed by atoms with E-state index in [4.69, 9.17) is 0 Å². The van der Waals surface area contributed by atoms with Gasteiger partial charge in [0.25, 0.3) is 0 Å². The number of benzene rings is 1. The highest BCUT2D eigenvalue weighted by Gasteiger charge is 2.30. The van der Waals surface area contributed by atoms with Gasteiger partial charge in [0.1, 0.15) is 0 Å². The Bertz CT molecular complexity index is 546. The molecule has 0 unspecified atom stereocenters. The lowest BCUT2D eigenvalue weighted by atomic mass is 10.2. The molecule has 0 saturated carbocycles. The first-order valence-electron chi connectivity index (χ1n) is 4.77. The van der Waals surface area contributed by atoms with Gasteiger partial charge in [0.15, 0.2) is 0 Å². The van der Waals surface area contributed by atoms with Crippen LogP contribution in [-0.4, -0.2) is 9.78 Å². The maximum atomic E-state index is 12.5. The van der Waals surface area contributed by atoms with Crippen molar-refractivity contribution in [3.8, 4) is 5.69 Å². The summed E-state index contributed by atoms with van der Waals surface area (Å²) in [6.07, 6.45) is -2.64. The molecule has 0 saturated heterocycles. The molecule has 2 aromatic rings. The van der Waals surface area contributed by atoms with Gasteiger partial charge >= 0.3 is 6.18 Å². The minimum Gasteiger partial charge on any atom is -0.240 e. The van der Waals surface area contributed by atoms with Crippen molar-refractivity contribution in [2.24, 2.45) is 0 Å². The minimum absolute atomic E-state index is 0.357. The molecule has 1 heterocycles. The van der Waals surface area contributed by atoms with Crippen molar-refractivity contribution in [3.05, 3.63) is 46.2 Å². The van der Waals surface area contributed by atoms with Crippen LogP contribution in [0.1, 0.15) is 11.3 Å². The van der Waals surface area contributed by atoms with Crippen molar-refractivity contribution >= 4 is 15.9 Å². The van der Waals surface area contributed by atoms with Gasteiger partial charge in [0, 0.05) is 10.7 Å². The van der Waals surface area contributed by atoms with Crippen LogP contribution in [0.15, 0.2) is 34.9 Å². The topological polar surface area (TPSA) is 17.8 Å². The number of hydrogen-bond donors (Lipinski definition) is 0. The van der Waals surface area contributed by atoms with Crippen molar-refractivity contribution in [1.82, 2.24) is 9.78 Å². The van der Waals surface area contributed by atoms with Crippen LogP contribution in [0.25, 0.3) is 5.69 Å². The molecule has 0 bridgehead atoms. The van der Waals surface area contributed by atoms with Gasteiger partial charge in [-0.1, -0.05) is 0 Å². The lowest BCUT2D eigenvalue weighted by Crippen LogP contribution is -2.06. The summed E-state index contributed by atoms with van der Waals surface area (Å²) >= 11 is 3.12. The van der Waals surface area contributed by atoms with Gasteiger partial charge in [-0.15, -0.1) is 0 Å². The molecule has 0 aliphatic heterocycles. The molecule has 1 aromatic carbocycles. The van der Waals surface area contributed by atoms with Gasteiger partial charge in [-0.2, -0.15) is 18.3 Å². The van der Waals surface area contributed by atoms with Crippen molar-refractivity contribution in [2.45, 2.75) is 13.1 Å². The van der Waals surface area contributed by atoms with Gasteiger partial charge in [0.05, 0.1) is 16.9 Å². The fourth-order valence-electron chi connectivity index (χ4n) is 1.42. The van der Waals surface area contributed by atoms with E-state index in [1.807, 2.05) is 6.92 Å². The smallest absolute Gasteiger partial charge is 0.240 e. The van der Waals surface area contributed by atoms with Crippen LogP contribution in [0.3, 0.4) is 0 Å². The molecule has 90 valence electrons. The Labute approximate surface area is 104 Å². The lowest BCUT2D eigenvalue weighted by Gasteiger charge is -2.10. The number of rotatable bonds is 1. The molecule has 0 spiro atoms. The highest BCUT2D eigenvalue weighted by molar-refractivity contribution is 9.10. The Morgan fingerprint density at radius 2 is 1.94 bits per heavy atom. The van der Waals surface area contributed by atoms with E-state index in [2.05, 4.69) is 21.0 Å². The molecule has 6 heteroatoms. The summed E-state index contributed by atoms with van der Waals surface area (Å²) in [5, 5.41) is 4.14. The summed E-state index contributed by atoms with van der Waals surface area (Å²) < 4.78 is 39.3. The summed E-state index contributed by atoms with van der Waals surface area (Å²) in [6, 6.07) is 5.26. The molecule has 1 aromatic heterocycles. The average Bonchev–Trinajstić information content (AvgIpc) is 2.63. The highest BCUT2D eigenvalue weighted by atomic mass is 79.9. The number of nitrogens with zero attached hydrogens (tertiary/aromatic N) is 2. The molecule has 17 heavy (non-hydrogen) atoms. The van der Waals surface area contributed by atoms with E-state index in [1.54, 1.807) is 12.3 Å². The standard InChI is InChI=1S/C11H8BrF3N2/c1-7-4-5-17(16-7)10-3-2-8(6-9(10)12)11(13,14)15/h2-6H,1H3. The molecule has 0 aliphatic rings. The third kappa shape index (κ3) is 2.52. The average molecular weight is 305 g/mol. The molecule has 0 radical (unpaired) electrons. The van der Waals surface area contributed by atoms with Crippen molar-refractivity contribution in [2.75, 3.05) is 0 Å². The molecule has 0 N–H and O–H groups in total. The summed E-state index contributed by atoms with van der Waals surface area (Å²) in [5.41, 5.74) is 0.694. The maximum absolute atomic E-state index is 12.5. The molecule has 0 aliphatic carbocycles. The second kappa shape index (κ2) is 4.18. The molecule has 2 nitrogen and oxygen atoms in total. The lowest BCUT2D eigenvalue weighted by molar-refractivity contribution is -0.137. The first-order valence-corrected chi connectivity index (χ1v) is 5.56. The van der Waals surface area contributed by atoms with Gasteiger partial charge in [-0.05, 0) is 47.1 Å². The van der Waals surface area contributed by atoms with E-state index in [0.29, 0.717) is 10.2 Å².